The first-order valence-corrected chi connectivity index (χ1v) is 9.62. The molecule has 0 heterocycles. The summed E-state index contributed by atoms with van der Waals surface area (Å²) in [5.74, 6) is -2.10. The summed E-state index contributed by atoms with van der Waals surface area (Å²) in [7, 11) is 0. The number of aliphatic hydroxyl groups is 1. The molecule has 0 aromatic heterocycles. The Labute approximate surface area is 175 Å². The van der Waals surface area contributed by atoms with Crippen LogP contribution in [-0.2, 0) is 25.7 Å². The summed E-state index contributed by atoms with van der Waals surface area (Å²) in [6.45, 7) is 4.56. The molecule has 0 saturated heterocycles. The van der Waals surface area contributed by atoms with Crippen LogP contribution < -0.4 is 21.7 Å². The summed E-state index contributed by atoms with van der Waals surface area (Å²) >= 11 is 0. The number of aliphatic hydroxyl groups excluding tert-OH is 1. The second-order valence-electron chi connectivity index (χ2n) is 7.26. The first-order valence-electron chi connectivity index (χ1n) is 9.62. The van der Waals surface area contributed by atoms with Crippen LogP contribution in [-0.4, -0.2) is 53.7 Å². The summed E-state index contributed by atoms with van der Waals surface area (Å²) in [4.78, 5) is 48.0. The molecule has 10 nitrogen and oxygen atoms in total. The van der Waals surface area contributed by atoms with Gasteiger partial charge in [-0.1, -0.05) is 44.2 Å². The second kappa shape index (κ2) is 12.4. The smallest absolute Gasteiger partial charge is 0.408 e. The molecule has 6 N–H and O–H groups in total. The lowest BCUT2D eigenvalue weighted by molar-refractivity contribution is -0.132. The molecule has 4 amide bonds. The van der Waals surface area contributed by atoms with Gasteiger partial charge in [0.05, 0.1) is 6.61 Å². The fourth-order valence-corrected chi connectivity index (χ4v) is 2.49. The minimum absolute atomic E-state index is 0.0527. The summed E-state index contributed by atoms with van der Waals surface area (Å²) in [6.07, 6.45) is -0.438. The lowest BCUT2D eigenvalue weighted by Gasteiger charge is -2.23. The Morgan fingerprint density at radius 1 is 0.967 bits per heavy atom. The van der Waals surface area contributed by atoms with E-state index >= 15 is 0 Å². The number of ether oxygens (including phenoxy) is 1. The first kappa shape index (κ1) is 24.9. The molecule has 0 aliphatic heterocycles. The van der Waals surface area contributed by atoms with Crippen LogP contribution in [0.1, 0.15) is 32.8 Å². The molecule has 1 aromatic carbocycles. The van der Waals surface area contributed by atoms with Gasteiger partial charge in [0.25, 0.3) is 0 Å². The van der Waals surface area contributed by atoms with Crippen molar-refractivity contribution in [3.63, 3.8) is 0 Å². The molecule has 0 spiro atoms. The van der Waals surface area contributed by atoms with Crippen LogP contribution in [0.15, 0.2) is 30.3 Å². The average molecular weight is 422 g/mol. The minimum Gasteiger partial charge on any atom is -0.445 e. The molecule has 3 atom stereocenters. The number of carbonyl (C=O) groups is 4. The quantitative estimate of drug-likeness (QED) is 0.332. The zero-order valence-corrected chi connectivity index (χ0v) is 17.4. The van der Waals surface area contributed by atoms with Crippen molar-refractivity contribution in [1.82, 2.24) is 16.0 Å². The van der Waals surface area contributed by atoms with E-state index in [0.29, 0.717) is 6.42 Å². The van der Waals surface area contributed by atoms with Crippen LogP contribution in [0.4, 0.5) is 4.79 Å². The van der Waals surface area contributed by atoms with Crippen molar-refractivity contribution in [1.29, 1.82) is 0 Å². The van der Waals surface area contributed by atoms with Crippen molar-refractivity contribution in [2.24, 2.45) is 11.7 Å². The lowest BCUT2D eigenvalue weighted by atomic mass is 10.0. The van der Waals surface area contributed by atoms with E-state index in [1.54, 1.807) is 12.1 Å². The molecule has 0 saturated carbocycles. The molecule has 0 bridgehead atoms. The Kier molecular flexibility index (Phi) is 10.3. The van der Waals surface area contributed by atoms with Gasteiger partial charge in [-0.15, -0.1) is 0 Å². The van der Waals surface area contributed by atoms with Gasteiger partial charge in [-0.3, -0.25) is 14.4 Å². The van der Waals surface area contributed by atoms with E-state index in [2.05, 4.69) is 16.0 Å². The monoisotopic (exact) mass is 422 g/mol. The predicted molar refractivity (Wildman–Crippen MR) is 109 cm³/mol. The third kappa shape index (κ3) is 8.91. The van der Waals surface area contributed by atoms with Gasteiger partial charge in [0.15, 0.2) is 0 Å². The summed E-state index contributed by atoms with van der Waals surface area (Å²) in [5, 5.41) is 16.3. The SMILES string of the molecule is CC(C)CC(NC(=O)OCc1ccccc1)C(=O)NC(C)C(=O)NC(CO)C(N)=O. The number of benzene rings is 1. The maximum absolute atomic E-state index is 12.6. The van der Waals surface area contributed by atoms with Gasteiger partial charge in [0.1, 0.15) is 24.7 Å². The average Bonchev–Trinajstić information content (AvgIpc) is 2.69. The Bertz CT molecular complexity index is 725. The highest BCUT2D eigenvalue weighted by molar-refractivity contribution is 5.93. The Morgan fingerprint density at radius 2 is 1.60 bits per heavy atom. The Balaban J connectivity index is 2.65. The van der Waals surface area contributed by atoms with Crippen LogP contribution >= 0.6 is 0 Å². The van der Waals surface area contributed by atoms with Crippen LogP contribution in [0.25, 0.3) is 0 Å². The van der Waals surface area contributed by atoms with Gasteiger partial charge in [-0.05, 0) is 24.8 Å². The van der Waals surface area contributed by atoms with Crippen LogP contribution in [0.3, 0.4) is 0 Å². The Hall–Kier alpha value is -3.14. The maximum atomic E-state index is 12.6. The van der Waals surface area contributed by atoms with Gasteiger partial charge >= 0.3 is 6.09 Å². The van der Waals surface area contributed by atoms with E-state index < -0.39 is 48.5 Å². The van der Waals surface area contributed by atoms with Crippen LogP contribution in [0.2, 0.25) is 0 Å². The van der Waals surface area contributed by atoms with E-state index in [0.717, 1.165) is 5.56 Å². The normalized spacial score (nSPS) is 13.6. The number of rotatable bonds is 11. The summed E-state index contributed by atoms with van der Waals surface area (Å²) in [6, 6.07) is 5.88. The fourth-order valence-electron chi connectivity index (χ4n) is 2.49. The zero-order valence-electron chi connectivity index (χ0n) is 17.4. The molecule has 166 valence electrons. The highest BCUT2D eigenvalue weighted by Crippen LogP contribution is 2.07. The van der Waals surface area contributed by atoms with E-state index in [4.69, 9.17) is 15.6 Å². The Morgan fingerprint density at radius 3 is 2.13 bits per heavy atom. The van der Waals surface area contributed by atoms with Crippen LogP contribution in [0.5, 0.6) is 0 Å². The number of hydrogen-bond acceptors (Lipinski definition) is 6. The first-order chi connectivity index (χ1) is 14.1. The number of nitrogens with one attached hydrogen (secondary N) is 3. The fraction of sp³-hybridized carbons (Fsp3) is 0.500. The number of amides is 4. The van der Waals surface area contributed by atoms with E-state index in [1.165, 1.54) is 6.92 Å². The maximum Gasteiger partial charge on any atom is 0.408 e. The summed E-state index contributed by atoms with van der Waals surface area (Å²) in [5.41, 5.74) is 5.86. The van der Waals surface area contributed by atoms with Crippen molar-refractivity contribution >= 4 is 23.8 Å². The van der Waals surface area contributed by atoms with Gasteiger partial charge < -0.3 is 31.5 Å². The molecule has 0 fully saturated rings. The molecule has 30 heavy (non-hydrogen) atoms. The number of alkyl carbamates (subject to hydrolysis) is 1. The van der Waals surface area contributed by atoms with Crippen molar-refractivity contribution < 1.29 is 29.0 Å². The van der Waals surface area contributed by atoms with Gasteiger partial charge in [0.2, 0.25) is 17.7 Å². The topological polar surface area (TPSA) is 160 Å². The molecule has 0 aliphatic carbocycles. The molecule has 3 unspecified atom stereocenters. The molecule has 10 heteroatoms. The highest BCUT2D eigenvalue weighted by Gasteiger charge is 2.27. The highest BCUT2D eigenvalue weighted by atomic mass is 16.5. The molecular formula is C20H30N4O6. The zero-order chi connectivity index (χ0) is 22.7. The van der Waals surface area contributed by atoms with Gasteiger partial charge in [-0.2, -0.15) is 0 Å². The predicted octanol–water partition coefficient (Wildman–Crippen LogP) is -0.205. The van der Waals surface area contributed by atoms with Gasteiger partial charge in [-0.25, -0.2) is 4.79 Å². The van der Waals surface area contributed by atoms with Gasteiger partial charge in [0, 0.05) is 0 Å². The summed E-state index contributed by atoms with van der Waals surface area (Å²) < 4.78 is 5.15. The van der Waals surface area contributed by atoms with Crippen molar-refractivity contribution in [3.05, 3.63) is 35.9 Å². The molecule has 1 rings (SSSR count). The van der Waals surface area contributed by atoms with Crippen LogP contribution in [0, 0.1) is 5.92 Å². The molecular weight excluding hydrogens is 392 g/mol. The number of carbonyl (C=O) groups excluding carboxylic acids is 4. The molecule has 0 radical (unpaired) electrons. The molecule has 0 aliphatic rings. The second-order valence-corrected chi connectivity index (χ2v) is 7.26. The number of primary amides is 1. The minimum atomic E-state index is -1.26. The largest absolute Gasteiger partial charge is 0.445 e. The van der Waals surface area contributed by atoms with E-state index in [9.17, 15) is 19.2 Å². The van der Waals surface area contributed by atoms with E-state index in [-0.39, 0.29) is 12.5 Å². The number of hydrogen-bond donors (Lipinski definition) is 5. The third-order valence-corrected chi connectivity index (χ3v) is 4.12. The molecule has 1 aromatic rings. The van der Waals surface area contributed by atoms with Crippen molar-refractivity contribution in [2.45, 2.75) is 51.9 Å². The van der Waals surface area contributed by atoms with Crippen molar-refractivity contribution in [2.75, 3.05) is 6.61 Å². The van der Waals surface area contributed by atoms with Crippen molar-refractivity contribution in [3.8, 4) is 0 Å². The third-order valence-electron chi connectivity index (χ3n) is 4.12. The standard InChI is InChI=1S/C20H30N4O6/c1-12(2)9-15(24-20(29)30-11-14-7-5-4-6-8-14)19(28)22-13(3)18(27)23-16(10-25)17(21)26/h4-8,12-13,15-16,25H,9-11H2,1-3H3,(H2,21,26)(H,22,28)(H,23,27)(H,24,29). The number of nitrogens with two attached hydrogens (primary N) is 1. The lowest BCUT2D eigenvalue weighted by Crippen LogP contribution is -2.56. The van der Waals surface area contributed by atoms with E-state index in [1.807, 2.05) is 32.0 Å².